The first-order valence-corrected chi connectivity index (χ1v) is 7.70. The molecule has 0 aliphatic rings. The average molecular weight is 295 g/mol. The first-order valence-electron chi connectivity index (χ1n) is 6.72. The number of hydrogen-bond acceptors (Lipinski definition) is 3. The maximum Gasteiger partial charge on any atom is 0.308 e. The Morgan fingerprint density at radius 2 is 1.95 bits per heavy atom. The Morgan fingerprint density at radius 1 is 1.30 bits per heavy atom. The van der Waals surface area contributed by atoms with E-state index in [2.05, 4.69) is 5.32 Å². The Hall–Kier alpha value is -1.49. The van der Waals surface area contributed by atoms with Crippen LogP contribution in [0, 0.1) is 12.8 Å². The Kier molecular flexibility index (Phi) is 7.15. The highest BCUT2D eigenvalue weighted by atomic mass is 32.2. The van der Waals surface area contributed by atoms with Gasteiger partial charge in [-0.3, -0.25) is 9.59 Å². The number of aryl methyl sites for hydroxylation is 1. The van der Waals surface area contributed by atoms with Crippen molar-refractivity contribution in [1.29, 1.82) is 0 Å². The summed E-state index contributed by atoms with van der Waals surface area (Å²) in [6.07, 6.45) is 1.38. The highest BCUT2D eigenvalue weighted by molar-refractivity contribution is 8.00. The largest absolute Gasteiger partial charge is 0.481 e. The maximum absolute atomic E-state index is 11.7. The first kappa shape index (κ1) is 16.6. The summed E-state index contributed by atoms with van der Waals surface area (Å²) in [5.41, 5.74) is 1.18. The Balaban J connectivity index is 2.32. The number of rotatable bonds is 8. The van der Waals surface area contributed by atoms with E-state index in [1.54, 1.807) is 0 Å². The maximum atomic E-state index is 11.7. The molecule has 1 aromatic carbocycles. The van der Waals surface area contributed by atoms with Gasteiger partial charge in [0.05, 0.1) is 11.7 Å². The van der Waals surface area contributed by atoms with Crippen molar-refractivity contribution in [3.8, 4) is 0 Å². The minimum atomic E-state index is -0.849. The van der Waals surface area contributed by atoms with Gasteiger partial charge in [0.2, 0.25) is 5.91 Å². The van der Waals surface area contributed by atoms with Crippen molar-refractivity contribution in [2.45, 2.75) is 31.6 Å². The van der Waals surface area contributed by atoms with Crippen LogP contribution < -0.4 is 5.32 Å². The molecule has 1 rings (SSSR count). The predicted octanol–water partition coefficient (Wildman–Crippen LogP) is 2.70. The van der Waals surface area contributed by atoms with Crippen molar-refractivity contribution in [3.63, 3.8) is 0 Å². The lowest BCUT2D eigenvalue weighted by Gasteiger charge is -2.12. The lowest BCUT2D eigenvalue weighted by molar-refractivity contribution is -0.141. The molecule has 0 bridgehead atoms. The smallest absolute Gasteiger partial charge is 0.308 e. The third-order valence-corrected chi connectivity index (χ3v) is 3.93. The summed E-state index contributed by atoms with van der Waals surface area (Å²) in [6.45, 7) is 4.16. The molecule has 0 aromatic heterocycles. The number of hydrogen-bond donors (Lipinski definition) is 2. The van der Waals surface area contributed by atoms with Crippen LogP contribution in [-0.2, 0) is 9.59 Å². The summed E-state index contributed by atoms with van der Waals surface area (Å²) < 4.78 is 0. The fourth-order valence-corrected chi connectivity index (χ4v) is 2.46. The molecule has 20 heavy (non-hydrogen) atoms. The van der Waals surface area contributed by atoms with Crippen LogP contribution >= 0.6 is 11.8 Å². The van der Waals surface area contributed by atoms with E-state index in [1.165, 1.54) is 17.3 Å². The van der Waals surface area contributed by atoms with E-state index in [-0.39, 0.29) is 12.5 Å². The molecule has 0 fully saturated rings. The van der Waals surface area contributed by atoms with Crippen molar-refractivity contribution in [1.82, 2.24) is 5.32 Å². The number of carbonyl (C=O) groups excluding carboxylic acids is 1. The zero-order chi connectivity index (χ0) is 15.0. The fraction of sp³-hybridized carbons (Fsp3) is 0.467. The average Bonchev–Trinajstić information content (AvgIpc) is 2.42. The van der Waals surface area contributed by atoms with Gasteiger partial charge in [0.1, 0.15) is 0 Å². The third kappa shape index (κ3) is 6.10. The second kappa shape index (κ2) is 8.64. The van der Waals surface area contributed by atoms with Crippen LogP contribution in [0.2, 0.25) is 0 Å². The van der Waals surface area contributed by atoms with E-state index in [9.17, 15) is 9.59 Å². The van der Waals surface area contributed by atoms with Crippen molar-refractivity contribution >= 4 is 23.6 Å². The van der Waals surface area contributed by atoms with Gasteiger partial charge in [0, 0.05) is 11.4 Å². The van der Waals surface area contributed by atoms with Gasteiger partial charge in [-0.25, -0.2) is 0 Å². The quantitative estimate of drug-likeness (QED) is 0.724. The van der Waals surface area contributed by atoms with Crippen molar-refractivity contribution in [2.75, 3.05) is 12.3 Å². The van der Waals surface area contributed by atoms with Crippen LogP contribution in [0.3, 0.4) is 0 Å². The fourth-order valence-electron chi connectivity index (χ4n) is 1.73. The van der Waals surface area contributed by atoms with Gasteiger partial charge in [-0.2, -0.15) is 0 Å². The van der Waals surface area contributed by atoms with Gasteiger partial charge in [-0.15, -0.1) is 11.8 Å². The van der Waals surface area contributed by atoms with Crippen LogP contribution in [0.4, 0.5) is 0 Å². The number of thioether (sulfide) groups is 1. The highest BCUT2D eigenvalue weighted by Gasteiger charge is 2.17. The summed E-state index contributed by atoms with van der Waals surface area (Å²) in [7, 11) is 0. The summed E-state index contributed by atoms with van der Waals surface area (Å²) in [4.78, 5) is 23.7. The lowest BCUT2D eigenvalue weighted by atomic mass is 10.0. The zero-order valence-corrected chi connectivity index (χ0v) is 12.7. The molecule has 0 heterocycles. The Labute approximate surface area is 124 Å². The minimum Gasteiger partial charge on any atom is -0.481 e. The minimum absolute atomic E-state index is 0.127. The number of aliphatic carboxylic acids is 1. The number of carbonyl (C=O) groups is 2. The second-order valence-corrected chi connectivity index (χ2v) is 5.78. The summed E-state index contributed by atoms with van der Waals surface area (Å²) >= 11 is 1.45. The van der Waals surface area contributed by atoms with E-state index >= 15 is 0 Å². The van der Waals surface area contributed by atoms with E-state index in [0.717, 1.165) is 11.3 Å². The number of carboxylic acid groups (broad SMARTS) is 1. The molecule has 0 saturated carbocycles. The normalized spacial score (nSPS) is 11.9. The molecule has 5 heteroatoms. The molecule has 2 N–H and O–H groups in total. The van der Waals surface area contributed by atoms with Gasteiger partial charge >= 0.3 is 5.97 Å². The van der Waals surface area contributed by atoms with Gasteiger partial charge in [-0.05, 0) is 25.5 Å². The van der Waals surface area contributed by atoms with Crippen molar-refractivity contribution in [2.24, 2.45) is 5.92 Å². The molecule has 0 aliphatic heterocycles. The molecular weight excluding hydrogens is 274 g/mol. The highest BCUT2D eigenvalue weighted by Crippen LogP contribution is 2.17. The van der Waals surface area contributed by atoms with Gasteiger partial charge in [0.15, 0.2) is 0 Å². The number of nitrogens with one attached hydrogen (secondary N) is 1. The molecule has 0 spiro atoms. The van der Waals surface area contributed by atoms with E-state index in [1.807, 2.05) is 38.1 Å². The standard InChI is InChI=1S/C15H21NO3S/c1-3-4-12(15(18)19)9-16-14(17)10-20-13-7-5-11(2)6-8-13/h5-8,12H,3-4,9-10H2,1-2H3,(H,16,17)(H,18,19). The molecule has 0 aliphatic carbocycles. The van der Waals surface area contributed by atoms with Crippen LogP contribution in [0.15, 0.2) is 29.2 Å². The van der Waals surface area contributed by atoms with Crippen molar-refractivity contribution in [3.05, 3.63) is 29.8 Å². The third-order valence-electron chi connectivity index (χ3n) is 2.92. The molecule has 1 aromatic rings. The SMILES string of the molecule is CCCC(CNC(=O)CSc1ccc(C)cc1)C(=O)O. The molecular formula is C15H21NO3S. The molecule has 1 amide bonds. The van der Waals surface area contributed by atoms with Gasteiger partial charge in [-0.1, -0.05) is 31.0 Å². The Bertz CT molecular complexity index is 445. The summed E-state index contributed by atoms with van der Waals surface area (Å²) in [5, 5.41) is 11.7. The van der Waals surface area contributed by atoms with Crippen LogP contribution in [-0.4, -0.2) is 29.3 Å². The molecule has 110 valence electrons. The van der Waals surface area contributed by atoms with E-state index < -0.39 is 11.9 Å². The second-order valence-electron chi connectivity index (χ2n) is 4.73. The summed E-state index contributed by atoms with van der Waals surface area (Å²) in [5.74, 6) is -1.16. The molecule has 4 nitrogen and oxygen atoms in total. The number of carboxylic acids is 1. The van der Waals surface area contributed by atoms with Crippen LogP contribution in [0.25, 0.3) is 0 Å². The molecule has 0 saturated heterocycles. The first-order chi connectivity index (χ1) is 9.52. The molecule has 1 atom stereocenters. The van der Waals surface area contributed by atoms with E-state index in [4.69, 9.17) is 5.11 Å². The monoisotopic (exact) mass is 295 g/mol. The van der Waals surface area contributed by atoms with Crippen LogP contribution in [0.1, 0.15) is 25.3 Å². The summed E-state index contributed by atoms with van der Waals surface area (Å²) in [6, 6.07) is 7.96. The van der Waals surface area contributed by atoms with Gasteiger partial charge < -0.3 is 10.4 Å². The lowest BCUT2D eigenvalue weighted by Crippen LogP contribution is -2.33. The van der Waals surface area contributed by atoms with Crippen molar-refractivity contribution < 1.29 is 14.7 Å². The number of benzene rings is 1. The molecule has 1 unspecified atom stereocenters. The zero-order valence-electron chi connectivity index (χ0n) is 11.9. The topological polar surface area (TPSA) is 66.4 Å². The van der Waals surface area contributed by atoms with Crippen LogP contribution in [0.5, 0.6) is 0 Å². The number of amides is 1. The van der Waals surface area contributed by atoms with Gasteiger partial charge in [0.25, 0.3) is 0 Å². The molecule has 0 radical (unpaired) electrons. The Morgan fingerprint density at radius 3 is 2.50 bits per heavy atom. The predicted molar refractivity (Wildman–Crippen MR) is 80.9 cm³/mol. The van der Waals surface area contributed by atoms with E-state index in [0.29, 0.717) is 12.2 Å².